The monoisotopic (exact) mass is 278 g/mol. The molecule has 1 aromatic rings. The minimum absolute atomic E-state index is 0.0245. The molecule has 1 rings (SSSR count). The Bertz CT molecular complexity index is 443. The first-order valence-electron chi connectivity index (χ1n) is 6.95. The van der Waals surface area contributed by atoms with E-state index >= 15 is 0 Å². The number of aryl methyl sites for hydroxylation is 1. The molecular formula is C15H24N3O2+. The van der Waals surface area contributed by atoms with Gasteiger partial charge in [-0.1, -0.05) is 36.8 Å². The van der Waals surface area contributed by atoms with Gasteiger partial charge in [-0.2, -0.15) is 0 Å². The summed E-state index contributed by atoms with van der Waals surface area (Å²) in [5, 5.41) is 7.20. The molecule has 20 heavy (non-hydrogen) atoms. The highest BCUT2D eigenvalue weighted by Crippen LogP contribution is 2.16. The van der Waals surface area contributed by atoms with Gasteiger partial charge in [0.15, 0.2) is 13.1 Å². The third-order valence-corrected chi connectivity index (χ3v) is 3.16. The Morgan fingerprint density at radius 3 is 2.30 bits per heavy atom. The number of carbonyl (C=O) groups is 2. The molecule has 0 aliphatic rings. The summed E-state index contributed by atoms with van der Waals surface area (Å²) in [5.41, 5.74) is 2.31. The van der Waals surface area contributed by atoms with Crippen LogP contribution in [-0.2, 0) is 9.59 Å². The molecule has 0 aliphatic heterocycles. The number of hydrogen-bond donors (Lipinski definition) is 3. The van der Waals surface area contributed by atoms with Crippen LogP contribution in [0.4, 0.5) is 0 Å². The normalized spacial score (nSPS) is 11.8. The topological polar surface area (TPSA) is 74.8 Å². The van der Waals surface area contributed by atoms with E-state index < -0.39 is 0 Å². The van der Waals surface area contributed by atoms with E-state index in [0.717, 1.165) is 12.0 Å². The van der Waals surface area contributed by atoms with Crippen molar-refractivity contribution < 1.29 is 14.9 Å². The molecule has 110 valence electrons. The summed E-state index contributed by atoms with van der Waals surface area (Å²) >= 11 is 0. The van der Waals surface area contributed by atoms with E-state index in [2.05, 4.69) is 10.6 Å². The first-order chi connectivity index (χ1) is 9.56. The number of nitrogens with two attached hydrogens (primary N) is 1. The van der Waals surface area contributed by atoms with E-state index in [9.17, 15) is 9.59 Å². The fourth-order valence-corrected chi connectivity index (χ4v) is 1.91. The summed E-state index contributed by atoms with van der Waals surface area (Å²) in [5.74, 6) is -0.135. The molecule has 0 aliphatic carbocycles. The first kappa shape index (κ1) is 16.2. The predicted molar refractivity (Wildman–Crippen MR) is 78.1 cm³/mol. The smallest absolute Gasteiger partial charge is 0.275 e. The molecule has 0 saturated carbocycles. The Balaban J connectivity index is 2.45. The lowest BCUT2D eigenvalue weighted by Gasteiger charge is -2.17. The summed E-state index contributed by atoms with van der Waals surface area (Å²) < 4.78 is 0. The van der Waals surface area contributed by atoms with Gasteiger partial charge in [-0.25, -0.2) is 0 Å². The maximum atomic E-state index is 11.8. The molecule has 0 saturated heterocycles. The first-order valence-corrected chi connectivity index (χ1v) is 6.95. The SMILES string of the molecule is CC[C@H](NC(=O)C[NH2+]CC(=O)NC)c1ccc(C)cc1. The van der Waals surface area contributed by atoms with Crippen LogP contribution >= 0.6 is 0 Å². The van der Waals surface area contributed by atoms with Crippen molar-refractivity contribution in [1.29, 1.82) is 0 Å². The van der Waals surface area contributed by atoms with Crippen LogP contribution in [-0.4, -0.2) is 32.0 Å². The van der Waals surface area contributed by atoms with Crippen molar-refractivity contribution in [1.82, 2.24) is 10.6 Å². The van der Waals surface area contributed by atoms with E-state index in [4.69, 9.17) is 0 Å². The lowest BCUT2D eigenvalue weighted by Crippen LogP contribution is -2.88. The largest absolute Gasteiger partial charge is 0.354 e. The second-order valence-electron chi connectivity index (χ2n) is 4.81. The Labute approximate surface area is 120 Å². The Morgan fingerprint density at radius 2 is 1.75 bits per heavy atom. The van der Waals surface area contributed by atoms with Gasteiger partial charge < -0.3 is 16.0 Å². The van der Waals surface area contributed by atoms with Crippen LogP contribution < -0.4 is 16.0 Å². The molecule has 0 aromatic heterocycles. The molecule has 5 heteroatoms. The zero-order chi connectivity index (χ0) is 15.0. The van der Waals surface area contributed by atoms with Gasteiger partial charge in [-0.3, -0.25) is 9.59 Å². The molecule has 1 aromatic carbocycles. The molecule has 0 spiro atoms. The summed E-state index contributed by atoms with van der Waals surface area (Å²) in [6.07, 6.45) is 0.838. The molecule has 5 nitrogen and oxygen atoms in total. The number of benzene rings is 1. The fraction of sp³-hybridized carbons (Fsp3) is 0.467. The zero-order valence-electron chi connectivity index (χ0n) is 12.4. The minimum atomic E-state index is -0.0802. The second kappa shape index (κ2) is 8.32. The molecule has 0 heterocycles. The maximum absolute atomic E-state index is 11.8. The van der Waals surface area contributed by atoms with Crippen molar-refractivity contribution in [2.75, 3.05) is 20.1 Å². The van der Waals surface area contributed by atoms with Crippen molar-refractivity contribution in [3.63, 3.8) is 0 Å². The molecule has 1 atom stereocenters. The summed E-state index contributed by atoms with van der Waals surface area (Å²) in [6.45, 7) is 4.61. The van der Waals surface area contributed by atoms with Gasteiger partial charge >= 0.3 is 0 Å². The summed E-state index contributed by atoms with van der Waals surface area (Å²) in [4.78, 5) is 22.9. The molecular weight excluding hydrogens is 254 g/mol. The summed E-state index contributed by atoms with van der Waals surface area (Å²) in [7, 11) is 1.58. The number of likely N-dealkylation sites (N-methyl/N-ethyl adjacent to an activating group) is 1. The number of amides is 2. The molecule has 0 radical (unpaired) electrons. The molecule has 0 unspecified atom stereocenters. The third-order valence-electron chi connectivity index (χ3n) is 3.16. The fourth-order valence-electron chi connectivity index (χ4n) is 1.91. The van der Waals surface area contributed by atoms with E-state index in [1.54, 1.807) is 12.4 Å². The average Bonchev–Trinajstić information content (AvgIpc) is 2.45. The van der Waals surface area contributed by atoms with Crippen molar-refractivity contribution in [3.05, 3.63) is 35.4 Å². The van der Waals surface area contributed by atoms with Gasteiger partial charge in [-0.05, 0) is 18.9 Å². The highest BCUT2D eigenvalue weighted by atomic mass is 16.2. The van der Waals surface area contributed by atoms with Gasteiger partial charge in [-0.15, -0.1) is 0 Å². The van der Waals surface area contributed by atoms with Crippen LogP contribution in [0.2, 0.25) is 0 Å². The molecule has 0 fully saturated rings. The van der Waals surface area contributed by atoms with Crippen molar-refractivity contribution >= 4 is 11.8 Å². The highest BCUT2D eigenvalue weighted by Gasteiger charge is 2.13. The highest BCUT2D eigenvalue weighted by molar-refractivity contribution is 5.78. The number of quaternary nitrogens is 1. The van der Waals surface area contributed by atoms with Crippen LogP contribution in [0.5, 0.6) is 0 Å². The number of rotatable bonds is 7. The predicted octanol–water partition coefficient (Wildman–Crippen LogP) is -0.128. The van der Waals surface area contributed by atoms with Crippen molar-refractivity contribution in [2.45, 2.75) is 26.3 Å². The second-order valence-corrected chi connectivity index (χ2v) is 4.81. The lowest BCUT2D eigenvalue weighted by atomic mass is 10.0. The van der Waals surface area contributed by atoms with Crippen LogP contribution in [0, 0.1) is 6.92 Å². The summed E-state index contributed by atoms with van der Waals surface area (Å²) in [6, 6.07) is 8.19. The van der Waals surface area contributed by atoms with Crippen LogP contribution in [0.25, 0.3) is 0 Å². The maximum Gasteiger partial charge on any atom is 0.275 e. The zero-order valence-corrected chi connectivity index (χ0v) is 12.4. The Hall–Kier alpha value is -1.88. The Morgan fingerprint density at radius 1 is 1.15 bits per heavy atom. The van der Waals surface area contributed by atoms with Gasteiger partial charge in [0.25, 0.3) is 11.8 Å². The standard InChI is InChI=1S/C15H23N3O2/c1-4-13(12-7-5-11(2)6-8-12)18-15(20)10-17-9-14(19)16-3/h5-8,13,17H,4,9-10H2,1-3H3,(H,16,19)(H,18,20)/p+1/t13-/m0/s1. The van der Waals surface area contributed by atoms with Crippen molar-refractivity contribution in [3.8, 4) is 0 Å². The number of nitrogens with one attached hydrogen (secondary N) is 2. The molecule has 4 N–H and O–H groups in total. The van der Waals surface area contributed by atoms with Crippen LogP contribution in [0.1, 0.15) is 30.5 Å². The van der Waals surface area contributed by atoms with Gasteiger partial charge in [0, 0.05) is 7.05 Å². The lowest BCUT2D eigenvalue weighted by molar-refractivity contribution is -0.633. The van der Waals surface area contributed by atoms with E-state index in [1.807, 2.05) is 38.1 Å². The van der Waals surface area contributed by atoms with Crippen LogP contribution in [0.3, 0.4) is 0 Å². The number of hydrogen-bond acceptors (Lipinski definition) is 2. The third kappa shape index (κ3) is 5.40. The van der Waals surface area contributed by atoms with E-state index in [-0.39, 0.29) is 30.9 Å². The van der Waals surface area contributed by atoms with Gasteiger partial charge in [0.2, 0.25) is 0 Å². The van der Waals surface area contributed by atoms with Gasteiger partial charge in [0.05, 0.1) is 6.04 Å². The van der Waals surface area contributed by atoms with Crippen molar-refractivity contribution in [2.24, 2.45) is 0 Å². The van der Waals surface area contributed by atoms with Gasteiger partial charge in [0.1, 0.15) is 0 Å². The number of carbonyl (C=O) groups excluding carboxylic acids is 2. The minimum Gasteiger partial charge on any atom is -0.354 e. The van der Waals surface area contributed by atoms with E-state index in [0.29, 0.717) is 0 Å². The van der Waals surface area contributed by atoms with E-state index in [1.165, 1.54) is 5.56 Å². The average molecular weight is 278 g/mol. The molecule has 2 amide bonds. The van der Waals surface area contributed by atoms with Crippen LogP contribution in [0.15, 0.2) is 24.3 Å². The molecule has 0 bridgehead atoms. The quantitative estimate of drug-likeness (QED) is 0.650. The Kier molecular flexibility index (Phi) is 6.73.